The number of amides is 2. The van der Waals surface area contributed by atoms with Gasteiger partial charge in [-0.1, -0.05) is 42.5 Å². The molecule has 2 aromatic carbocycles. The predicted molar refractivity (Wildman–Crippen MR) is 142 cm³/mol. The van der Waals surface area contributed by atoms with E-state index in [0.717, 1.165) is 23.2 Å². The molecule has 8 heteroatoms. The van der Waals surface area contributed by atoms with E-state index in [1.54, 1.807) is 24.3 Å². The topological polar surface area (TPSA) is 89.9 Å². The van der Waals surface area contributed by atoms with Crippen LogP contribution in [0.3, 0.4) is 0 Å². The smallest absolute Gasteiger partial charge is 0.250 e. The fourth-order valence-corrected chi connectivity index (χ4v) is 5.76. The van der Waals surface area contributed by atoms with Crippen molar-refractivity contribution < 1.29 is 19.1 Å². The molecule has 0 radical (unpaired) electrons. The molecule has 2 bridgehead atoms. The number of pyridine rings is 1. The van der Waals surface area contributed by atoms with Crippen molar-refractivity contribution in [2.75, 3.05) is 19.9 Å². The molecule has 1 fully saturated rings. The van der Waals surface area contributed by atoms with Gasteiger partial charge in [-0.15, -0.1) is 0 Å². The Morgan fingerprint density at radius 2 is 1.82 bits per heavy atom. The first kappa shape index (κ1) is 24.0. The first-order valence-electron chi connectivity index (χ1n) is 12.9. The number of aromatic nitrogens is 1. The summed E-state index contributed by atoms with van der Waals surface area (Å²) in [5.41, 5.74) is 2.77. The molecule has 1 saturated heterocycles. The molecule has 6 rings (SSSR count). The minimum atomic E-state index is -0.705. The highest BCUT2D eigenvalue weighted by Gasteiger charge is 2.38. The lowest BCUT2D eigenvalue weighted by Gasteiger charge is -2.43. The zero-order chi connectivity index (χ0) is 26.1. The van der Waals surface area contributed by atoms with E-state index in [1.807, 2.05) is 58.0 Å². The maximum absolute atomic E-state index is 13.8. The van der Waals surface area contributed by atoms with E-state index in [0.29, 0.717) is 37.6 Å². The van der Waals surface area contributed by atoms with Crippen molar-refractivity contribution in [3.63, 3.8) is 0 Å². The Morgan fingerprint density at radius 3 is 2.68 bits per heavy atom. The highest BCUT2D eigenvalue weighted by molar-refractivity contribution is 5.95. The standard InChI is InChI=1S/C30H29N3O5/c34-28(12-10-21-9-11-26-27(15-21)38-19-37-26)31-24(14-20-5-2-1-3-6-20)30(36)32-16-22-13-23(18-32)25-7-4-8-29(35)33(25)17-22/h1-12,15,22-24H,13-14,16-19H2,(H,31,34)/b12-10+/t22-,23-,24-/m0/s1. The SMILES string of the molecule is O=C(/C=C/c1ccc2c(c1)OCO2)N[C@@H](Cc1ccccc1)C(=O)N1C[C@@H]2C[C@@H](C1)c1cccc(=O)n1C2. The third-order valence-electron chi connectivity index (χ3n) is 7.51. The van der Waals surface area contributed by atoms with Crippen LogP contribution in [0.1, 0.15) is 29.2 Å². The van der Waals surface area contributed by atoms with Crippen LogP contribution in [0.25, 0.3) is 6.08 Å². The molecule has 0 unspecified atom stereocenters. The number of nitrogens with one attached hydrogen (secondary N) is 1. The van der Waals surface area contributed by atoms with Gasteiger partial charge in [-0.05, 0) is 47.7 Å². The average molecular weight is 512 g/mol. The zero-order valence-electron chi connectivity index (χ0n) is 20.9. The van der Waals surface area contributed by atoms with E-state index in [9.17, 15) is 14.4 Å². The number of ether oxygens (including phenoxy) is 2. The van der Waals surface area contributed by atoms with Gasteiger partial charge in [0.15, 0.2) is 11.5 Å². The van der Waals surface area contributed by atoms with Crippen molar-refractivity contribution in [3.8, 4) is 11.5 Å². The maximum atomic E-state index is 13.8. The van der Waals surface area contributed by atoms with Crippen LogP contribution < -0.4 is 20.3 Å². The molecule has 0 aliphatic carbocycles. The van der Waals surface area contributed by atoms with E-state index >= 15 is 0 Å². The van der Waals surface area contributed by atoms with Crippen LogP contribution in [0.4, 0.5) is 0 Å². The van der Waals surface area contributed by atoms with Gasteiger partial charge in [-0.3, -0.25) is 14.4 Å². The third-order valence-corrected chi connectivity index (χ3v) is 7.51. The maximum Gasteiger partial charge on any atom is 0.250 e. The first-order valence-corrected chi connectivity index (χ1v) is 12.9. The summed E-state index contributed by atoms with van der Waals surface area (Å²) in [5.74, 6) is 1.21. The fourth-order valence-electron chi connectivity index (χ4n) is 5.76. The molecule has 0 saturated carbocycles. The third kappa shape index (κ3) is 4.94. The molecule has 38 heavy (non-hydrogen) atoms. The minimum Gasteiger partial charge on any atom is -0.454 e. The molecule has 3 aliphatic rings. The van der Waals surface area contributed by atoms with Crippen LogP contribution in [0.2, 0.25) is 0 Å². The Morgan fingerprint density at radius 1 is 0.974 bits per heavy atom. The van der Waals surface area contributed by atoms with Crippen molar-refractivity contribution in [3.05, 3.63) is 100.0 Å². The van der Waals surface area contributed by atoms with E-state index in [2.05, 4.69) is 5.32 Å². The van der Waals surface area contributed by atoms with Gasteiger partial charge >= 0.3 is 0 Å². The molecular formula is C30H29N3O5. The van der Waals surface area contributed by atoms with Gasteiger partial charge < -0.3 is 24.3 Å². The molecule has 0 spiro atoms. The van der Waals surface area contributed by atoms with Crippen LogP contribution in [0.5, 0.6) is 11.5 Å². The quantitative estimate of drug-likeness (QED) is 0.514. The summed E-state index contributed by atoms with van der Waals surface area (Å²) in [4.78, 5) is 41.1. The Balaban J connectivity index is 1.19. The molecule has 3 aromatic rings. The van der Waals surface area contributed by atoms with Crippen LogP contribution in [-0.4, -0.2) is 47.2 Å². The Kier molecular flexibility index (Phi) is 6.45. The van der Waals surface area contributed by atoms with Crippen LogP contribution in [-0.2, 0) is 22.6 Å². The van der Waals surface area contributed by atoms with E-state index in [1.165, 1.54) is 6.08 Å². The van der Waals surface area contributed by atoms with E-state index in [-0.39, 0.29) is 36.0 Å². The number of hydrogen-bond donors (Lipinski definition) is 1. The van der Waals surface area contributed by atoms with Crippen molar-refractivity contribution >= 4 is 17.9 Å². The number of piperidine rings is 1. The van der Waals surface area contributed by atoms with E-state index < -0.39 is 6.04 Å². The van der Waals surface area contributed by atoms with Gasteiger partial charge in [0.2, 0.25) is 18.6 Å². The number of rotatable bonds is 6. The Labute approximate surface area is 220 Å². The monoisotopic (exact) mass is 511 g/mol. The molecule has 3 atom stereocenters. The lowest BCUT2D eigenvalue weighted by atomic mass is 9.83. The molecule has 194 valence electrons. The van der Waals surface area contributed by atoms with Gasteiger partial charge in [0, 0.05) is 49.8 Å². The second kappa shape index (κ2) is 10.2. The molecular weight excluding hydrogens is 482 g/mol. The number of hydrogen-bond acceptors (Lipinski definition) is 5. The zero-order valence-corrected chi connectivity index (χ0v) is 20.9. The van der Waals surface area contributed by atoms with Gasteiger partial charge in [0.05, 0.1) is 0 Å². The Hall–Kier alpha value is -4.33. The molecule has 4 heterocycles. The van der Waals surface area contributed by atoms with Crippen molar-refractivity contribution in [1.82, 2.24) is 14.8 Å². The van der Waals surface area contributed by atoms with Crippen LogP contribution in [0.15, 0.2) is 77.6 Å². The lowest BCUT2D eigenvalue weighted by molar-refractivity contribution is -0.138. The van der Waals surface area contributed by atoms with Crippen LogP contribution in [0, 0.1) is 5.92 Å². The summed E-state index contributed by atoms with van der Waals surface area (Å²) in [7, 11) is 0. The molecule has 3 aliphatic heterocycles. The summed E-state index contributed by atoms with van der Waals surface area (Å²) in [6.07, 6.45) is 4.49. The summed E-state index contributed by atoms with van der Waals surface area (Å²) in [6, 6.07) is 19.8. The summed E-state index contributed by atoms with van der Waals surface area (Å²) < 4.78 is 12.6. The second-order valence-electron chi connectivity index (χ2n) is 10.1. The van der Waals surface area contributed by atoms with Gasteiger partial charge in [-0.2, -0.15) is 0 Å². The number of benzene rings is 2. The van der Waals surface area contributed by atoms with E-state index in [4.69, 9.17) is 9.47 Å². The molecule has 8 nitrogen and oxygen atoms in total. The first-order chi connectivity index (χ1) is 18.5. The minimum absolute atomic E-state index is 0.0143. The number of carbonyl (C=O) groups excluding carboxylic acids is 2. The summed E-state index contributed by atoms with van der Waals surface area (Å²) in [6.45, 7) is 1.91. The van der Waals surface area contributed by atoms with Crippen molar-refractivity contribution in [2.24, 2.45) is 5.92 Å². The number of fused-ring (bicyclic) bond motifs is 5. The number of nitrogens with zero attached hydrogens (tertiary/aromatic N) is 2. The fraction of sp³-hybridized carbons (Fsp3) is 0.300. The average Bonchev–Trinajstić information content (AvgIpc) is 3.40. The predicted octanol–water partition coefficient (Wildman–Crippen LogP) is 2.96. The molecule has 1 N–H and O–H groups in total. The summed E-state index contributed by atoms with van der Waals surface area (Å²) >= 11 is 0. The number of likely N-dealkylation sites (tertiary alicyclic amines) is 1. The Bertz CT molecular complexity index is 1450. The molecule has 1 aromatic heterocycles. The van der Waals surface area contributed by atoms with Gasteiger partial charge in [0.1, 0.15) is 6.04 Å². The lowest BCUT2D eigenvalue weighted by Crippen LogP contribution is -2.55. The largest absolute Gasteiger partial charge is 0.454 e. The van der Waals surface area contributed by atoms with Gasteiger partial charge in [0.25, 0.3) is 5.56 Å². The molecule has 2 amide bonds. The van der Waals surface area contributed by atoms with Gasteiger partial charge in [-0.25, -0.2) is 0 Å². The second-order valence-corrected chi connectivity index (χ2v) is 10.1. The van der Waals surface area contributed by atoms with Crippen molar-refractivity contribution in [1.29, 1.82) is 0 Å². The number of carbonyl (C=O) groups is 2. The van der Waals surface area contributed by atoms with Crippen molar-refractivity contribution in [2.45, 2.75) is 31.3 Å². The summed E-state index contributed by atoms with van der Waals surface area (Å²) in [5, 5.41) is 2.95. The van der Waals surface area contributed by atoms with Crippen LogP contribution >= 0.6 is 0 Å². The highest BCUT2D eigenvalue weighted by atomic mass is 16.7. The normalized spacial score (nSPS) is 20.2. The highest BCUT2D eigenvalue weighted by Crippen LogP contribution is 2.35.